The molecule has 2 heterocycles. The van der Waals surface area contributed by atoms with Crippen molar-refractivity contribution in [2.24, 2.45) is 0 Å². The zero-order valence-electron chi connectivity index (χ0n) is 8.43. The molecule has 0 aliphatic rings. The first-order valence-corrected chi connectivity index (χ1v) is 4.40. The molecule has 16 heavy (non-hydrogen) atoms. The molecule has 0 fully saturated rings. The fourth-order valence-corrected chi connectivity index (χ4v) is 1.10. The summed E-state index contributed by atoms with van der Waals surface area (Å²) in [5.41, 5.74) is 0.295. The third kappa shape index (κ3) is 2.06. The number of rotatable bonds is 3. The van der Waals surface area contributed by atoms with Gasteiger partial charge in [-0.15, -0.1) is 5.10 Å². The predicted octanol–water partition coefficient (Wildman–Crippen LogP) is 0.824. The van der Waals surface area contributed by atoms with Gasteiger partial charge in [-0.05, 0) is 0 Å². The van der Waals surface area contributed by atoms with E-state index in [0.717, 1.165) is 0 Å². The number of nitriles is 1. The Balaban J connectivity index is 2.17. The van der Waals surface area contributed by atoms with Crippen molar-refractivity contribution in [2.45, 2.75) is 0 Å². The summed E-state index contributed by atoms with van der Waals surface area (Å²) in [4.78, 5) is 7.71. The van der Waals surface area contributed by atoms with Crippen LogP contribution >= 0.6 is 0 Å². The Hall–Kier alpha value is -2.62. The van der Waals surface area contributed by atoms with Crippen molar-refractivity contribution in [3.8, 4) is 11.9 Å². The van der Waals surface area contributed by atoms with Crippen LogP contribution in [-0.4, -0.2) is 27.3 Å². The van der Waals surface area contributed by atoms with Crippen LogP contribution in [0.1, 0.15) is 5.69 Å². The van der Waals surface area contributed by atoms with Crippen LogP contribution in [0.5, 0.6) is 5.88 Å². The lowest BCUT2D eigenvalue weighted by Crippen LogP contribution is -1.95. The number of aromatic nitrogens is 4. The van der Waals surface area contributed by atoms with Gasteiger partial charge in [-0.3, -0.25) is 5.10 Å². The van der Waals surface area contributed by atoms with Crippen molar-refractivity contribution in [1.29, 1.82) is 5.26 Å². The fraction of sp³-hybridized carbons (Fsp3) is 0.111. The van der Waals surface area contributed by atoms with Crippen molar-refractivity contribution >= 4 is 11.6 Å². The number of nitrogens with one attached hydrogen (secondary N) is 2. The molecule has 0 saturated heterocycles. The minimum absolute atomic E-state index is 0.295. The molecule has 2 N–H and O–H groups in total. The van der Waals surface area contributed by atoms with Gasteiger partial charge in [-0.1, -0.05) is 0 Å². The van der Waals surface area contributed by atoms with Crippen LogP contribution in [0.2, 0.25) is 0 Å². The molecule has 0 amide bonds. The number of anilines is 2. The van der Waals surface area contributed by atoms with Crippen LogP contribution in [-0.2, 0) is 0 Å². The molecule has 2 rings (SSSR count). The van der Waals surface area contributed by atoms with Crippen LogP contribution in [0.15, 0.2) is 18.5 Å². The van der Waals surface area contributed by atoms with Crippen LogP contribution in [0, 0.1) is 11.3 Å². The normalized spacial score (nSPS) is 9.50. The minimum Gasteiger partial charge on any atom is -0.480 e. The molecule has 0 atom stereocenters. The van der Waals surface area contributed by atoms with E-state index in [1.54, 1.807) is 6.07 Å². The Kier molecular flexibility index (Phi) is 2.65. The standard InChI is InChI=1S/C9H8N6O/c1-16-9-3-8(14-15-9)13-7-2-6(4-10)11-5-12-7/h2-3,5H,1H3,(H2,11,12,13,14,15). The molecule has 0 aliphatic carbocycles. The average molecular weight is 216 g/mol. The summed E-state index contributed by atoms with van der Waals surface area (Å²) in [7, 11) is 1.53. The van der Waals surface area contributed by atoms with Gasteiger partial charge in [-0.2, -0.15) is 5.26 Å². The number of ether oxygens (including phenoxy) is 1. The van der Waals surface area contributed by atoms with Gasteiger partial charge in [0, 0.05) is 12.1 Å². The average Bonchev–Trinajstić information content (AvgIpc) is 2.77. The summed E-state index contributed by atoms with van der Waals surface area (Å²) < 4.78 is 4.91. The highest BCUT2D eigenvalue weighted by Crippen LogP contribution is 2.16. The first-order chi connectivity index (χ1) is 7.81. The van der Waals surface area contributed by atoms with Gasteiger partial charge in [0.1, 0.15) is 29.7 Å². The topological polar surface area (TPSA) is 99.5 Å². The van der Waals surface area contributed by atoms with E-state index in [-0.39, 0.29) is 0 Å². The molecule has 0 bridgehead atoms. The molecule has 2 aromatic rings. The van der Waals surface area contributed by atoms with Gasteiger partial charge >= 0.3 is 0 Å². The Morgan fingerprint density at radius 1 is 1.44 bits per heavy atom. The smallest absolute Gasteiger partial charge is 0.234 e. The molecule has 2 aromatic heterocycles. The lowest BCUT2D eigenvalue weighted by Gasteiger charge is -2.00. The maximum absolute atomic E-state index is 8.66. The van der Waals surface area contributed by atoms with E-state index in [1.165, 1.54) is 19.5 Å². The SMILES string of the molecule is COc1cc(Nc2cc(C#N)ncn2)[nH]n1. The second-order valence-electron chi connectivity index (χ2n) is 2.85. The highest BCUT2D eigenvalue weighted by atomic mass is 16.5. The number of H-pyrrole nitrogens is 1. The number of nitrogens with zero attached hydrogens (tertiary/aromatic N) is 4. The first-order valence-electron chi connectivity index (χ1n) is 4.40. The molecule has 0 spiro atoms. The van der Waals surface area contributed by atoms with E-state index in [4.69, 9.17) is 10.00 Å². The number of hydrogen-bond donors (Lipinski definition) is 2. The van der Waals surface area contributed by atoms with Gasteiger partial charge in [-0.25, -0.2) is 9.97 Å². The summed E-state index contributed by atoms with van der Waals surface area (Å²) in [5.74, 6) is 1.61. The number of methoxy groups -OCH3 is 1. The third-order valence-corrected chi connectivity index (χ3v) is 1.81. The molecule has 0 saturated carbocycles. The Bertz CT molecular complexity index is 529. The maximum Gasteiger partial charge on any atom is 0.234 e. The first kappa shape index (κ1) is 9.92. The van der Waals surface area contributed by atoms with Gasteiger partial charge in [0.2, 0.25) is 5.88 Å². The molecule has 0 aliphatic heterocycles. The second-order valence-corrected chi connectivity index (χ2v) is 2.85. The van der Waals surface area contributed by atoms with Crippen molar-refractivity contribution < 1.29 is 4.74 Å². The second kappa shape index (κ2) is 4.27. The monoisotopic (exact) mass is 216 g/mol. The molecular formula is C9H8N6O. The third-order valence-electron chi connectivity index (χ3n) is 1.81. The predicted molar refractivity (Wildman–Crippen MR) is 55.2 cm³/mol. The van der Waals surface area contributed by atoms with E-state index in [1.807, 2.05) is 6.07 Å². The molecule has 7 nitrogen and oxygen atoms in total. The summed E-state index contributed by atoms with van der Waals surface area (Å²) in [6.45, 7) is 0. The number of aromatic amines is 1. The van der Waals surface area contributed by atoms with E-state index in [2.05, 4.69) is 25.5 Å². The molecule has 7 heteroatoms. The highest BCUT2D eigenvalue weighted by Gasteiger charge is 2.02. The van der Waals surface area contributed by atoms with Crippen molar-refractivity contribution in [2.75, 3.05) is 12.4 Å². The largest absolute Gasteiger partial charge is 0.480 e. The highest BCUT2D eigenvalue weighted by molar-refractivity contribution is 5.53. The van der Waals surface area contributed by atoms with Gasteiger partial charge in [0.05, 0.1) is 7.11 Å². The van der Waals surface area contributed by atoms with Crippen LogP contribution in [0.4, 0.5) is 11.6 Å². The summed E-state index contributed by atoms with van der Waals surface area (Å²) in [5, 5.41) is 18.2. The molecule has 0 radical (unpaired) electrons. The molecular weight excluding hydrogens is 208 g/mol. The van der Waals surface area contributed by atoms with Crippen LogP contribution in [0.3, 0.4) is 0 Å². The zero-order valence-corrected chi connectivity index (χ0v) is 8.43. The maximum atomic E-state index is 8.66. The van der Waals surface area contributed by atoms with Gasteiger partial charge < -0.3 is 10.1 Å². The van der Waals surface area contributed by atoms with Crippen LogP contribution < -0.4 is 10.1 Å². The van der Waals surface area contributed by atoms with Crippen molar-refractivity contribution in [3.05, 3.63) is 24.2 Å². The van der Waals surface area contributed by atoms with Gasteiger partial charge in [0.25, 0.3) is 0 Å². The minimum atomic E-state index is 0.295. The zero-order chi connectivity index (χ0) is 11.4. The Morgan fingerprint density at radius 2 is 2.31 bits per heavy atom. The quantitative estimate of drug-likeness (QED) is 0.788. The van der Waals surface area contributed by atoms with E-state index in [9.17, 15) is 0 Å². The Morgan fingerprint density at radius 3 is 3.00 bits per heavy atom. The van der Waals surface area contributed by atoms with Crippen molar-refractivity contribution in [1.82, 2.24) is 20.2 Å². The van der Waals surface area contributed by atoms with Gasteiger partial charge in [0.15, 0.2) is 0 Å². The van der Waals surface area contributed by atoms with Crippen LogP contribution in [0.25, 0.3) is 0 Å². The summed E-state index contributed by atoms with van der Waals surface area (Å²) in [6, 6.07) is 5.14. The molecule has 0 aromatic carbocycles. The lowest BCUT2D eigenvalue weighted by molar-refractivity contribution is 0.397. The molecule has 0 unspecified atom stereocenters. The lowest BCUT2D eigenvalue weighted by atomic mass is 10.4. The summed E-state index contributed by atoms with van der Waals surface area (Å²) in [6.07, 6.45) is 1.31. The van der Waals surface area contributed by atoms with E-state index < -0.39 is 0 Å². The Labute approximate surface area is 91.1 Å². The van der Waals surface area contributed by atoms with E-state index in [0.29, 0.717) is 23.2 Å². The van der Waals surface area contributed by atoms with Crippen molar-refractivity contribution in [3.63, 3.8) is 0 Å². The van der Waals surface area contributed by atoms with E-state index >= 15 is 0 Å². The fourth-order valence-electron chi connectivity index (χ4n) is 1.10. The number of hydrogen-bond acceptors (Lipinski definition) is 6. The summed E-state index contributed by atoms with van der Waals surface area (Å²) >= 11 is 0. The molecule has 80 valence electrons.